The van der Waals surface area contributed by atoms with Gasteiger partial charge in [-0.2, -0.15) is 5.10 Å². The second-order valence-electron chi connectivity index (χ2n) is 6.51. The molecule has 1 N–H and O–H groups in total. The van der Waals surface area contributed by atoms with Crippen LogP contribution in [-0.2, 0) is 13.1 Å². The van der Waals surface area contributed by atoms with Gasteiger partial charge >= 0.3 is 6.03 Å². The number of carbonyl (C=O) groups excluding carboxylic acids is 1. The maximum absolute atomic E-state index is 13.2. The summed E-state index contributed by atoms with van der Waals surface area (Å²) in [4.78, 5) is 14.2. The van der Waals surface area contributed by atoms with Gasteiger partial charge in [0.05, 0.1) is 25.0 Å². The van der Waals surface area contributed by atoms with Gasteiger partial charge in [-0.1, -0.05) is 24.3 Å². The number of carbonyl (C=O) groups is 1. The topological polar surface area (TPSA) is 50.2 Å². The molecule has 5 nitrogen and oxygen atoms in total. The molecular weight excluding hydrogens is 369 g/mol. The molecule has 8 heteroatoms. The molecule has 0 fully saturated rings. The van der Waals surface area contributed by atoms with Crippen molar-refractivity contribution in [2.24, 2.45) is 0 Å². The molecule has 0 unspecified atom stereocenters. The zero-order chi connectivity index (χ0) is 19.7. The van der Waals surface area contributed by atoms with Crippen molar-refractivity contribution in [2.75, 3.05) is 11.9 Å². The lowest BCUT2D eigenvalue weighted by molar-refractivity contribution is 0.151. The molecule has 2 amide bonds. The minimum absolute atomic E-state index is 0.145. The van der Waals surface area contributed by atoms with Crippen molar-refractivity contribution < 1.29 is 18.0 Å². The molecule has 0 aliphatic carbocycles. The van der Waals surface area contributed by atoms with Crippen LogP contribution >= 0.6 is 0 Å². The molecule has 2 aromatic carbocycles. The third-order valence-corrected chi connectivity index (χ3v) is 4.70. The van der Waals surface area contributed by atoms with Gasteiger partial charge in [-0.05, 0) is 29.8 Å². The van der Waals surface area contributed by atoms with Gasteiger partial charge < -0.3 is 10.2 Å². The van der Waals surface area contributed by atoms with Crippen molar-refractivity contribution >= 4 is 11.7 Å². The number of alkyl halides is 2. The fraction of sp³-hybridized carbons (Fsp3) is 0.200. The fourth-order valence-electron chi connectivity index (χ4n) is 3.24. The van der Waals surface area contributed by atoms with E-state index in [1.54, 1.807) is 29.3 Å². The van der Waals surface area contributed by atoms with Gasteiger partial charge in [0.1, 0.15) is 5.82 Å². The highest BCUT2D eigenvalue weighted by Crippen LogP contribution is 2.28. The molecule has 3 aromatic rings. The monoisotopic (exact) mass is 386 g/mol. The first kappa shape index (κ1) is 18.1. The van der Waals surface area contributed by atoms with Gasteiger partial charge in [0.2, 0.25) is 0 Å². The third kappa shape index (κ3) is 3.58. The zero-order valence-electron chi connectivity index (χ0n) is 14.8. The number of nitrogens with one attached hydrogen (secondary N) is 1. The van der Waals surface area contributed by atoms with Crippen molar-refractivity contribution in [1.82, 2.24) is 14.7 Å². The van der Waals surface area contributed by atoms with E-state index in [1.807, 2.05) is 4.68 Å². The van der Waals surface area contributed by atoms with Gasteiger partial charge in [-0.3, -0.25) is 4.68 Å². The van der Waals surface area contributed by atoms with Crippen LogP contribution in [0.2, 0.25) is 0 Å². The third-order valence-electron chi connectivity index (χ3n) is 4.70. The van der Waals surface area contributed by atoms with E-state index in [-0.39, 0.29) is 17.4 Å². The Morgan fingerprint density at radius 3 is 2.64 bits per heavy atom. The number of benzene rings is 2. The van der Waals surface area contributed by atoms with Crippen molar-refractivity contribution in [2.45, 2.75) is 19.5 Å². The highest BCUT2D eigenvalue weighted by molar-refractivity contribution is 5.89. The molecule has 0 saturated heterocycles. The molecule has 0 spiro atoms. The fourth-order valence-corrected chi connectivity index (χ4v) is 3.24. The Balaban J connectivity index is 1.52. The lowest BCUT2D eigenvalue weighted by Gasteiger charge is -2.28. The van der Waals surface area contributed by atoms with Gasteiger partial charge in [0.15, 0.2) is 0 Å². The van der Waals surface area contributed by atoms with Crippen molar-refractivity contribution in [3.8, 4) is 11.1 Å². The van der Waals surface area contributed by atoms with Crippen LogP contribution in [0.4, 0.5) is 23.7 Å². The Labute approximate surface area is 159 Å². The predicted octanol–water partition coefficient (Wildman–Crippen LogP) is 4.67. The molecule has 0 saturated carbocycles. The van der Waals surface area contributed by atoms with Crippen LogP contribution in [0.1, 0.15) is 17.7 Å². The van der Waals surface area contributed by atoms with Crippen LogP contribution < -0.4 is 5.32 Å². The summed E-state index contributed by atoms with van der Waals surface area (Å²) in [6, 6.07) is 11.4. The van der Waals surface area contributed by atoms with Crippen molar-refractivity contribution in [3.05, 3.63) is 71.8 Å². The van der Waals surface area contributed by atoms with Gasteiger partial charge in [0.25, 0.3) is 6.43 Å². The van der Waals surface area contributed by atoms with Gasteiger partial charge in [-0.25, -0.2) is 18.0 Å². The number of amides is 2. The highest BCUT2D eigenvalue weighted by atomic mass is 19.3. The summed E-state index contributed by atoms with van der Waals surface area (Å²) in [5.41, 5.74) is 2.66. The number of fused-ring (bicyclic) bond motifs is 1. The van der Waals surface area contributed by atoms with E-state index in [2.05, 4.69) is 10.4 Å². The highest BCUT2D eigenvalue weighted by Gasteiger charge is 2.24. The average molecular weight is 386 g/mol. The summed E-state index contributed by atoms with van der Waals surface area (Å²) in [5, 5.41) is 7.02. The van der Waals surface area contributed by atoms with Crippen LogP contribution in [0.25, 0.3) is 11.1 Å². The normalized spacial score (nSPS) is 13.5. The maximum atomic E-state index is 13.2. The van der Waals surface area contributed by atoms with E-state index in [1.165, 1.54) is 30.3 Å². The van der Waals surface area contributed by atoms with Crippen molar-refractivity contribution in [1.29, 1.82) is 0 Å². The van der Waals surface area contributed by atoms with E-state index in [0.717, 1.165) is 16.8 Å². The molecule has 28 heavy (non-hydrogen) atoms. The minimum atomic E-state index is -2.60. The Kier molecular flexibility index (Phi) is 4.77. The maximum Gasteiger partial charge on any atom is 0.322 e. The van der Waals surface area contributed by atoms with Crippen LogP contribution in [-0.4, -0.2) is 27.3 Å². The van der Waals surface area contributed by atoms with E-state index in [4.69, 9.17) is 0 Å². The van der Waals surface area contributed by atoms with Crippen LogP contribution in [0.3, 0.4) is 0 Å². The summed E-state index contributed by atoms with van der Waals surface area (Å²) >= 11 is 0. The molecule has 0 radical (unpaired) electrons. The number of urea groups is 1. The Hall–Kier alpha value is -3.29. The molecule has 2 heterocycles. The first-order valence-electron chi connectivity index (χ1n) is 8.76. The first-order valence-corrected chi connectivity index (χ1v) is 8.76. The number of aromatic nitrogens is 2. The van der Waals surface area contributed by atoms with Crippen LogP contribution in [0.15, 0.2) is 54.7 Å². The molecule has 1 aliphatic heterocycles. The average Bonchev–Trinajstić information content (AvgIpc) is 3.12. The molecular formula is C20H17F3N4O. The summed E-state index contributed by atoms with van der Waals surface area (Å²) in [6.45, 7) is 1.27. The van der Waals surface area contributed by atoms with E-state index in [0.29, 0.717) is 25.3 Å². The van der Waals surface area contributed by atoms with Crippen LogP contribution in [0, 0.1) is 5.82 Å². The first-order chi connectivity index (χ1) is 13.5. The second kappa shape index (κ2) is 7.38. The summed E-state index contributed by atoms with van der Waals surface area (Å²) in [5.74, 6) is -0.322. The largest absolute Gasteiger partial charge is 0.322 e. The number of hydrogen-bond donors (Lipinski definition) is 1. The van der Waals surface area contributed by atoms with E-state index >= 15 is 0 Å². The van der Waals surface area contributed by atoms with Gasteiger partial charge in [-0.15, -0.1) is 0 Å². The molecule has 144 valence electrons. The van der Waals surface area contributed by atoms with Gasteiger partial charge in [0, 0.05) is 23.4 Å². The summed E-state index contributed by atoms with van der Waals surface area (Å²) < 4.78 is 40.7. The quantitative estimate of drug-likeness (QED) is 0.711. The van der Waals surface area contributed by atoms with E-state index in [9.17, 15) is 18.0 Å². The zero-order valence-corrected chi connectivity index (χ0v) is 14.8. The molecule has 0 atom stereocenters. The number of anilines is 1. The smallest absolute Gasteiger partial charge is 0.317 e. The van der Waals surface area contributed by atoms with Crippen LogP contribution in [0.5, 0.6) is 0 Å². The predicted molar refractivity (Wildman–Crippen MR) is 98.4 cm³/mol. The Morgan fingerprint density at radius 1 is 1.11 bits per heavy atom. The lowest BCUT2D eigenvalue weighted by Crippen LogP contribution is -2.41. The molecule has 4 rings (SSSR count). The standard InChI is InChI=1S/C20H17F3N4O/c21-15-6-4-13(5-7-15)17-11-24-27-9-8-26(12-18(17)27)20(28)25-16-3-1-2-14(10-16)19(22)23/h1-7,10-11,19H,8-9,12H2,(H,25,28). The molecule has 1 aromatic heterocycles. The number of hydrogen-bond acceptors (Lipinski definition) is 2. The van der Waals surface area contributed by atoms with Crippen molar-refractivity contribution in [3.63, 3.8) is 0 Å². The minimum Gasteiger partial charge on any atom is -0.317 e. The lowest BCUT2D eigenvalue weighted by atomic mass is 10.1. The number of rotatable bonds is 3. The molecule has 0 bridgehead atoms. The Bertz CT molecular complexity index is 1000. The number of halogens is 3. The summed E-state index contributed by atoms with van der Waals surface area (Å²) in [6.07, 6.45) is -0.893. The molecule has 1 aliphatic rings. The number of nitrogens with zero attached hydrogens (tertiary/aromatic N) is 3. The second-order valence-corrected chi connectivity index (χ2v) is 6.51. The van der Waals surface area contributed by atoms with E-state index < -0.39 is 6.43 Å². The summed E-state index contributed by atoms with van der Waals surface area (Å²) in [7, 11) is 0. The SMILES string of the molecule is O=C(Nc1cccc(C(F)F)c1)N1CCn2ncc(-c3ccc(F)cc3)c2C1. The Morgan fingerprint density at radius 2 is 1.89 bits per heavy atom.